The summed E-state index contributed by atoms with van der Waals surface area (Å²) in [5.41, 5.74) is 3.29. The number of cyclic esters (lactones) is 1. The number of carbonyl (C=O) groups excluding carboxylic acids is 2. The Morgan fingerprint density at radius 2 is 1.91 bits per heavy atom. The molecule has 1 fully saturated rings. The van der Waals surface area contributed by atoms with E-state index in [1.165, 1.54) is 25.7 Å². The maximum Gasteiger partial charge on any atom is 0.342 e. The third kappa shape index (κ3) is 5.82. The number of esters is 2. The minimum atomic E-state index is -0.506. The van der Waals surface area contributed by atoms with E-state index in [4.69, 9.17) is 14.2 Å². The minimum absolute atomic E-state index is 0.0816. The summed E-state index contributed by atoms with van der Waals surface area (Å²) in [7, 11) is 1.55. The predicted molar refractivity (Wildman–Crippen MR) is 121 cm³/mol. The molecule has 0 spiro atoms. The van der Waals surface area contributed by atoms with Gasteiger partial charge in [0.05, 0.1) is 7.11 Å². The van der Waals surface area contributed by atoms with Crippen molar-refractivity contribution in [1.82, 2.24) is 4.90 Å². The number of hydrogen-bond acceptors (Lipinski definition) is 7. The molecular formula is C25H35NO6. The second-order valence-electron chi connectivity index (χ2n) is 8.65. The van der Waals surface area contributed by atoms with E-state index < -0.39 is 5.97 Å². The SMILES string of the molecule is COc1c(C)c2c(c(O)c1C/C=C(\C)CCC(=O)OCCN1CCCCCC1)C(=O)OC2. The molecule has 0 saturated carbocycles. The molecule has 2 aliphatic heterocycles. The molecule has 0 bridgehead atoms. The molecule has 176 valence electrons. The quantitative estimate of drug-likeness (QED) is 0.453. The van der Waals surface area contributed by atoms with Crippen molar-refractivity contribution in [2.75, 3.05) is 33.4 Å². The monoisotopic (exact) mass is 445 g/mol. The van der Waals surface area contributed by atoms with E-state index in [-0.39, 0.29) is 23.9 Å². The molecule has 2 aliphatic rings. The smallest absolute Gasteiger partial charge is 0.342 e. The number of phenols is 1. The number of carbonyl (C=O) groups is 2. The van der Waals surface area contributed by atoms with Crippen LogP contribution in [-0.4, -0.2) is 55.3 Å². The third-order valence-electron chi connectivity index (χ3n) is 6.39. The third-order valence-corrected chi connectivity index (χ3v) is 6.39. The summed E-state index contributed by atoms with van der Waals surface area (Å²) in [4.78, 5) is 26.5. The summed E-state index contributed by atoms with van der Waals surface area (Å²) in [6.07, 6.45) is 8.28. The molecule has 1 aromatic rings. The fourth-order valence-corrected chi connectivity index (χ4v) is 4.43. The van der Waals surface area contributed by atoms with Gasteiger partial charge in [-0.25, -0.2) is 4.79 Å². The van der Waals surface area contributed by atoms with Crippen LogP contribution >= 0.6 is 0 Å². The summed E-state index contributed by atoms with van der Waals surface area (Å²) in [5.74, 6) is -0.212. The van der Waals surface area contributed by atoms with Crippen LogP contribution in [0.4, 0.5) is 0 Å². The van der Waals surface area contributed by atoms with Gasteiger partial charge in [0, 0.05) is 24.1 Å². The van der Waals surface area contributed by atoms with E-state index in [1.54, 1.807) is 7.11 Å². The maximum absolute atomic E-state index is 12.1. The highest BCUT2D eigenvalue weighted by Crippen LogP contribution is 2.42. The molecule has 2 heterocycles. The zero-order valence-electron chi connectivity index (χ0n) is 19.5. The summed E-state index contributed by atoms with van der Waals surface area (Å²) in [6.45, 7) is 7.39. The van der Waals surface area contributed by atoms with Crippen LogP contribution in [0.2, 0.25) is 0 Å². The number of rotatable bonds is 9. The van der Waals surface area contributed by atoms with Gasteiger partial charge < -0.3 is 19.3 Å². The lowest BCUT2D eigenvalue weighted by Gasteiger charge is -2.19. The van der Waals surface area contributed by atoms with Gasteiger partial charge in [0.15, 0.2) is 0 Å². The number of hydrogen-bond donors (Lipinski definition) is 1. The molecule has 1 N–H and O–H groups in total. The van der Waals surface area contributed by atoms with Gasteiger partial charge in [0.25, 0.3) is 0 Å². The fourth-order valence-electron chi connectivity index (χ4n) is 4.43. The molecule has 32 heavy (non-hydrogen) atoms. The number of fused-ring (bicyclic) bond motifs is 1. The Kier molecular flexibility index (Phi) is 8.56. The lowest BCUT2D eigenvalue weighted by atomic mass is 9.94. The van der Waals surface area contributed by atoms with Crippen LogP contribution < -0.4 is 4.74 Å². The number of methoxy groups -OCH3 is 1. The van der Waals surface area contributed by atoms with Crippen LogP contribution in [0.5, 0.6) is 11.5 Å². The molecule has 0 unspecified atom stereocenters. The van der Waals surface area contributed by atoms with E-state index in [0.717, 1.165) is 30.8 Å². The molecule has 0 amide bonds. The standard InChI is InChI=1S/C25H35NO6/c1-17(9-11-21(27)31-15-14-26-12-6-4-5-7-13-26)8-10-19-23(28)22-20(16-32-25(22)29)18(2)24(19)30-3/h8,28H,4-7,9-16H2,1-3H3/b17-8+. The lowest BCUT2D eigenvalue weighted by Crippen LogP contribution is -2.29. The zero-order chi connectivity index (χ0) is 23.1. The first-order chi connectivity index (χ1) is 15.4. The molecule has 0 aliphatic carbocycles. The van der Waals surface area contributed by atoms with Crippen LogP contribution in [0.3, 0.4) is 0 Å². The minimum Gasteiger partial charge on any atom is -0.507 e. The van der Waals surface area contributed by atoms with Crippen molar-refractivity contribution < 1.29 is 28.9 Å². The number of likely N-dealkylation sites (tertiary alicyclic amines) is 1. The first-order valence-corrected chi connectivity index (χ1v) is 11.5. The Bertz CT molecular complexity index is 868. The number of phenolic OH excluding ortho intramolecular Hbond substituents is 1. The Hall–Kier alpha value is -2.54. The number of allylic oxidation sites excluding steroid dienone is 2. The van der Waals surface area contributed by atoms with Gasteiger partial charge in [-0.05, 0) is 58.2 Å². The maximum atomic E-state index is 12.1. The average Bonchev–Trinajstić information content (AvgIpc) is 2.98. The Balaban J connectivity index is 1.51. The second-order valence-corrected chi connectivity index (χ2v) is 8.65. The molecule has 1 saturated heterocycles. The largest absolute Gasteiger partial charge is 0.507 e. The zero-order valence-corrected chi connectivity index (χ0v) is 19.5. The summed E-state index contributed by atoms with van der Waals surface area (Å²) in [5, 5.41) is 10.7. The van der Waals surface area contributed by atoms with Gasteiger partial charge in [0.2, 0.25) is 0 Å². The highest BCUT2D eigenvalue weighted by atomic mass is 16.5. The molecule has 7 heteroatoms. The number of nitrogens with zero attached hydrogens (tertiary/aromatic N) is 1. The number of ether oxygens (including phenoxy) is 3. The highest BCUT2D eigenvalue weighted by molar-refractivity contribution is 5.98. The highest BCUT2D eigenvalue weighted by Gasteiger charge is 2.31. The van der Waals surface area contributed by atoms with Gasteiger partial charge in [0.1, 0.15) is 30.3 Å². The van der Waals surface area contributed by atoms with Crippen LogP contribution in [0, 0.1) is 6.92 Å². The van der Waals surface area contributed by atoms with Crippen molar-refractivity contribution in [2.45, 2.75) is 65.4 Å². The Morgan fingerprint density at radius 1 is 1.19 bits per heavy atom. The lowest BCUT2D eigenvalue weighted by molar-refractivity contribution is -0.144. The van der Waals surface area contributed by atoms with Crippen molar-refractivity contribution >= 4 is 11.9 Å². The van der Waals surface area contributed by atoms with Crippen molar-refractivity contribution in [1.29, 1.82) is 0 Å². The van der Waals surface area contributed by atoms with E-state index >= 15 is 0 Å². The molecular weight excluding hydrogens is 410 g/mol. The summed E-state index contributed by atoms with van der Waals surface area (Å²) < 4.78 is 16.0. The number of aromatic hydroxyl groups is 1. The van der Waals surface area contributed by atoms with Crippen molar-refractivity contribution in [2.24, 2.45) is 0 Å². The molecule has 0 radical (unpaired) electrons. The van der Waals surface area contributed by atoms with Gasteiger partial charge in [-0.2, -0.15) is 0 Å². The topological polar surface area (TPSA) is 85.3 Å². The van der Waals surface area contributed by atoms with Crippen LogP contribution in [-0.2, 0) is 27.3 Å². The summed E-state index contributed by atoms with van der Waals surface area (Å²) >= 11 is 0. The van der Waals surface area contributed by atoms with Gasteiger partial charge >= 0.3 is 11.9 Å². The van der Waals surface area contributed by atoms with Crippen LogP contribution in [0.25, 0.3) is 0 Å². The average molecular weight is 446 g/mol. The van der Waals surface area contributed by atoms with E-state index in [9.17, 15) is 14.7 Å². The van der Waals surface area contributed by atoms with E-state index in [1.807, 2.05) is 19.9 Å². The molecule has 0 aromatic heterocycles. The van der Waals surface area contributed by atoms with Crippen LogP contribution in [0.15, 0.2) is 11.6 Å². The van der Waals surface area contributed by atoms with Crippen molar-refractivity contribution in [3.05, 3.63) is 33.9 Å². The van der Waals surface area contributed by atoms with E-state index in [2.05, 4.69) is 4.90 Å². The Morgan fingerprint density at radius 3 is 2.59 bits per heavy atom. The van der Waals surface area contributed by atoms with Crippen molar-refractivity contribution in [3.63, 3.8) is 0 Å². The summed E-state index contributed by atoms with van der Waals surface area (Å²) in [6, 6.07) is 0. The molecule has 0 atom stereocenters. The Labute approximate surface area is 190 Å². The molecule has 7 nitrogen and oxygen atoms in total. The van der Waals surface area contributed by atoms with E-state index in [0.29, 0.717) is 42.7 Å². The van der Waals surface area contributed by atoms with Crippen LogP contribution in [0.1, 0.15) is 72.5 Å². The first-order valence-electron chi connectivity index (χ1n) is 11.5. The van der Waals surface area contributed by atoms with Gasteiger partial charge in [-0.3, -0.25) is 9.69 Å². The number of benzene rings is 1. The fraction of sp³-hybridized carbons (Fsp3) is 0.600. The van der Waals surface area contributed by atoms with Crippen molar-refractivity contribution in [3.8, 4) is 11.5 Å². The molecule has 3 rings (SSSR count). The first kappa shape index (κ1) is 24.1. The molecule has 1 aromatic carbocycles. The van der Waals surface area contributed by atoms with Gasteiger partial charge in [-0.15, -0.1) is 0 Å². The normalized spacial score (nSPS) is 17.0. The van der Waals surface area contributed by atoms with Gasteiger partial charge in [-0.1, -0.05) is 24.5 Å². The second kappa shape index (κ2) is 11.4. The predicted octanol–water partition coefficient (Wildman–Crippen LogP) is 4.07.